The highest BCUT2D eigenvalue weighted by Gasteiger charge is 2.08. The molecule has 0 aliphatic heterocycles. The Morgan fingerprint density at radius 3 is 2.73 bits per heavy atom. The fourth-order valence-electron chi connectivity index (χ4n) is 1.20. The van der Waals surface area contributed by atoms with E-state index in [0.717, 1.165) is 5.17 Å². The number of hydrogen-bond acceptors (Lipinski definition) is 5. The topological polar surface area (TPSA) is 81.6 Å². The van der Waals surface area contributed by atoms with Crippen LogP contribution in [0.15, 0.2) is 18.2 Å². The number of nitrogens with two attached hydrogens (primary N) is 2. The van der Waals surface area contributed by atoms with E-state index in [0.29, 0.717) is 23.5 Å². The van der Waals surface area contributed by atoms with Gasteiger partial charge in [0, 0.05) is 11.3 Å². The van der Waals surface area contributed by atoms with Gasteiger partial charge in [0.05, 0.1) is 12.3 Å². The molecule has 0 spiro atoms. The zero-order chi connectivity index (χ0) is 11.4. The summed E-state index contributed by atoms with van der Waals surface area (Å²) < 4.78 is 0. The fourth-order valence-corrected chi connectivity index (χ4v) is 1.20. The van der Waals surface area contributed by atoms with E-state index in [-0.39, 0.29) is 5.78 Å². The Hall–Kier alpha value is -1.59. The van der Waals surface area contributed by atoms with Gasteiger partial charge in [-0.3, -0.25) is 9.63 Å². The van der Waals surface area contributed by atoms with Gasteiger partial charge in [0.2, 0.25) is 0 Å². The highest BCUT2D eigenvalue weighted by atomic mass is 16.7. The predicted molar refractivity (Wildman–Crippen MR) is 59.2 cm³/mol. The summed E-state index contributed by atoms with van der Waals surface area (Å²) in [6.07, 6.45) is 0. The van der Waals surface area contributed by atoms with Crippen LogP contribution in [0.2, 0.25) is 0 Å². The Morgan fingerprint density at radius 1 is 1.53 bits per heavy atom. The summed E-state index contributed by atoms with van der Waals surface area (Å²) in [4.78, 5) is 16.3. The van der Waals surface area contributed by atoms with Crippen molar-refractivity contribution in [2.45, 2.75) is 13.8 Å². The number of rotatable bonds is 4. The quantitative estimate of drug-likeness (QED) is 0.336. The van der Waals surface area contributed by atoms with Crippen LogP contribution in [0, 0.1) is 0 Å². The van der Waals surface area contributed by atoms with Gasteiger partial charge in [-0.1, -0.05) is 0 Å². The van der Waals surface area contributed by atoms with Crippen molar-refractivity contribution in [3.05, 3.63) is 23.8 Å². The van der Waals surface area contributed by atoms with Crippen LogP contribution in [0.1, 0.15) is 24.2 Å². The van der Waals surface area contributed by atoms with Crippen LogP contribution in [0.5, 0.6) is 0 Å². The van der Waals surface area contributed by atoms with Crippen molar-refractivity contribution < 1.29 is 9.63 Å². The molecule has 0 atom stereocenters. The molecule has 0 saturated heterocycles. The molecule has 5 nitrogen and oxygen atoms in total. The van der Waals surface area contributed by atoms with Crippen LogP contribution in [0.25, 0.3) is 0 Å². The second kappa shape index (κ2) is 4.77. The van der Waals surface area contributed by atoms with E-state index in [1.54, 1.807) is 18.2 Å². The monoisotopic (exact) mass is 209 g/mol. The minimum Gasteiger partial charge on any atom is -0.398 e. The van der Waals surface area contributed by atoms with Gasteiger partial charge in [0.15, 0.2) is 5.78 Å². The maximum atomic E-state index is 11.2. The molecule has 0 aliphatic rings. The molecule has 15 heavy (non-hydrogen) atoms. The molecule has 0 aromatic heterocycles. The second-order valence-corrected chi connectivity index (χ2v) is 3.07. The third-order valence-corrected chi connectivity index (χ3v) is 1.94. The SMILES string of the molecule is CCON(N)c1ccc(N)c(C(C)=O)c1. The van der Waals surface area contributed by atoms with E-state index in [4.69, 9.17) is 16.4 Å². The van der Waals surface area contributed by atoms with Gasteiger partial charge in [-0.25, -0.2) is 5.84 Å². The molecule has 5 heteroatoms. The Labute approximate surface area is 88.5 Å². The second-order valence-electron chi connectivity index (χ2n) is 3.07. The maximum absolute atomic E-state index is 11.2. The van der Waals surface area contributed by atoms with Gasteiger partial charge in [-0.2, -0.15) is 5.17 Å². The standard InChI is InChI=1S/C10H15N3O2/c1-3-15-13(12)8-4-5-10(11)9(6-8)7(2)14/h4-6H,3,11-12H2,1-2H3. The Bertz CT molecular complexity index is 366. The molecule has 0 saturated carbocycles. The highest BCUT2D eigenvalue weighted by molar-refractivity contribution is 5.99. The first-order valence-corrected chi connectivity index (χ1v) is 4.64. The van der Waals surface area contributed by atoms with Gasteiger partial charge in [0.1, 0.15) is 0 Å². The number of hydrazine groups is 1. The van der Waals surface area contributed by atoms with Crippen LogP contribution in [-0.4, -0.2) is 12.4 Å². The smallest absolute Gasteiger partial charge is 0.161 e. The molecule has 82 valence electrons. The molecule has 1 rings (SSSR count). The average Bonchev–Trinajstić information content (AvgIpc) is 2.18. The summed E-state index contributed by atoms with van der Waals surface area (Å²) in [5, 5.41) is 1.12. The van der Waals surface area contributed by atoms with Gasteiger partial charge in [-0.05, 0) is 32.0 Å². The Kier molecular flexibility index (Phi) is 3.65. The summed E-state index contributed by atoms with van der Waals surface area (Å²) in [7, 11) is 0. The number of nitrogens with zero attached hydrogens (tertiary/aromatic N) is 1. The summed E-state index contributed by atoms with van der Waals surface area (Å²) >= 11 is 0. The lowest BCUT2D eigenvalue weighted by atomic mass is 10.1. The van der Waals surface area contributed by atoms with Crippen LogP contribution < -0.4 is 16.7 Å². The first-order valence-electron chi connectivity index (χ1n) is 4.64. The summed E-state index contributed by atoms with van der Waals surface area (Å²) in [6, 6.07) is 4.93. The third kappa shape index (κ3) is 2.68. The lowest BCUT2D eigenvalue weighted by Crippen LogP contribution is -2.31. The number of benzene rings is 1. The fraction of sp³-hybridized carbons (Fsp3) is 0.300. The number of nitrogen functional groups attached to an aromatic ring is 1. The van der Waals surface area contributed by atoms with Crippen LogP contribution in [0.3, 0.4) is 0 Å². The molecule has 0 heterocycles. The minimum absolute atomic E-state index is 0.0979. The predicted octanol–water partition coefficient (Wildman–Crippen LogP) is 1.10. The molecule has 4 N–H and O–H groups in total. The first kappa shape index (κ1) is 11.5. The van der Waals surface area contributed by atoms with Gasteiger partial charge < -0.3 is 5.73 Å². The van der Waals surface area contributed by atoms with Crippen molar-refractivity contribution in [2.24, 2.45) is 5.84 Å². The highest BCUT2D eigenvalue weighted by Crippen LogP contribution is 2.20. The van der Waals surface area contributed by atoms with Crippen molar-refractivity contribution in [1.29, 1.82) is 0 Å². The van der Waals surface area contributed by atoms with Crippen molar-refractivity contribution in [3.63, 3.8) is 0 Å². The van der Waals surface area contributed by atoms with Crippen LogP contribution >= 0.6 is 0 Å². The van der Waals surface area contributed by atoms with Gasteiger partial charge >= 0.3 is 0 Å². The average molecular weight is 209 g/mol. The first-order chi connectivity index (χ1) is 7.06. The molecular weight excluding hydrogens is 194 g/mol. The zero-order valence-electron chi connectivity index (χ0n) is 8.86. The van der Waals surface area contributed by atoms with E-state index in [1.165, 1.54) is 6.92 Å². The minimum atomic E-state index is -0.0979. The van der Waals surface area contributed by atoms with E-state index in [2.05, 4.69) is 0 Å². The lowest BCUT2D eigenvalue weighted by molar-refractivity contribution is 0.101. The van der Waals surface area contributed by atoms with Crippen LogP contribution in [-0.2, 0) is 4.84 Å². The molecule has 1 aromatic carbocycles. The van der Waals surface area contributed by atoms with Gasteiger partial charge in [-0.15, -0.1) is 0 Å². The number of Topliss-reactive ketones (excluding diaryl/α,β-unsaturated/α-hetero) is 1. The van der Waals surface area contributed by atoms with Crippen molar-refractivity contribution in [2.75, 3.05) is 17.5 Å². The summed E-state index contributed by atoms with van der Waals surface area (Å²) in [5.74, 6) is 5.49. The number of hydrogen-bond donors (Lipinski definition) is 2. The molecule has 0 bridgehead atoms. The van der Waals surface area contributed by atoms with E-state index < -0.39 is 0 Å². The summed E-state index contributed by atoms with van der Waals surface area (Å²) in [6.45, 7) is 3.73. The number of ketones is 1. The zero-order valence-corrected chi connectivity index (χ0v) is 8.86. The van der Waals surface area contributed by atoms with Crippen molar-refractivity contribution in [3.8, 4) is 0 Å². The molecule has 0 radical (unpaired) electrons. The Morgan fingerprint density at radius 2 is 2.20 bits per heavy atom. The Balaban J connectivity index is 3.02. The molecule has 0 aliphatic carbocycles. The van der Waals surface area contributed by atoms with Gasteiger partial charge in [0.25, 0.3) is 0 Å². The number of carbonyl (C=O) groups is 1. The van der Waals surface area contributed by atoms with E-state index in [1.807, 2.05) is 6.92 Å². The van der Waals surface area contributed by atoms with Crippen LogP contribution in [0.4, 0.5) is 11.4 Å². The molecule has 0 fully saturated rings. The van der Waals surface area contributed by atoms with Crippen molar-refractivity contribution >= 4 is 17.2 Å². The number of carbonyl (C=O) groups excluding carboxylic acids is 1. The van der Waals surface area contributed by atoms with E-state index >= 15 is 0 Å². The van der Waals surface area contributed by atoms with E-state index in [9.17, 15) is 4.79 Å². The molecular formula is C10H15N3O2. The normalized spacial score (nSPS) is 10.1. The molecule has 0 amide bonds. The number of anilines is 2. The maximum Gasteiger partial charge on any atom is 0.161 e. The largest absolute Gasteiger partial charge is 0.398 e. The lowest BCUT2D eigenvalue weighted by Gasteiger charge is -2.17. The third-order valence-electron chi connectivity index (χ3n) is 1.94. The molecule has 0 unspecified atom stereocenters. The molecule has 1 aromatic rings. The van der Waals surface area contributed by atoms with Crippen molar-refractivity contribution in [1.82, 2.24) is 0 Å². The summed E-state index contributed by atoms with van der Waals surface area (Å²) in [5.41, 5.74) is 7.13.